The minimum atomic E-state index is 0.212. The highest BCUT2D eigenvalue weighted by Gasteiger charge is 2.25. The number of pyridine rings is 1. The Hall–Kier alpha value is -0.930. The molecule has 0 spiro atoms. The van der Waals surface area contributed by atoms with E-state index in [0.29, 0.717) is 5.92 Å². The van der Waals surface area contributed by atoms with Crippen LogP contribution in [0, 0.1) is 19.8 Å². The summed E-state index contributed by atoms with van der Waals surface area (Å²) in [6.45, 7) is 4.22. The standard InChI is InChI=1S/C15H25N3/c1-11-9-12(2)14(17-10-11)15(18-16)13-7-5-3-4-6-8-13/h9-10,13,15,18H,3-8,16H2,1-2H3. The fraction of sp³-hybridized carbons (Fsp3) is 0.667. The average molecular weight is 247 g/mol. The molecule has 1 unspecified atom stereocenters. The first-order valence-electron chi connectivity index (χ1n) is 7.11. The molecule has 1 aromatic heterocycles. The van der Waals surface area contributed by atoms with Crippen molar-refractivity contribution in [3.05, 3.63) is 29.1 Å². The van der Waals surface area contributed by atoms with Gasteiger partial charge in [-0.15, -0.1) is 0 Å². The van der Waals surface area contributed by atoms with E-state index in [1.54, 1.807) is 0 Å². The van der Waals surface area contributed by atoms with Crippen LogP contribution in [0.1, 0.15) is 61.4 Å². The molecule has 0 saturated heterocycles. The van der Waals surface area contributed by atoms with E-state index in [9.17, 15) is 0 Å². The predicted octanol–water partition coefficient (Wildman–Crippen LogP) is 3.17. The second-order valence-corrected chi connectivity index (χ2v) is 5.61. The average Bonchev–Trinajstić information content (AvgIpc) is 2.62. The number of aromatic nitrogens is 1. The molecule has 1 aromatic rings. The molecule has 0 bridgehead atoms. The molecule has 1 heterocycles. The molecule has 1 saturated carbocycles. The second kappa shape index (κ2) is 6.30. The zero-order valence-corrected chi connectivity index (χ0v) is 11.6. The summed E-state index contributed by atoms with van der Waals surface area (Å²) in [7, 11) is 0. The van der Waals surface area contributed by atoms with Crippen molar-refractivity contribution in [2.75, 3.05) is 0 Å². The van der Waals surface area contributed by atoms with E-state index >= 15 is 0 Å². The lowest BCUT2D eigenvalue weighted by molar-refractivity contribution is 0.322. The Morgan fingerprint density at radius 1 is 1.22 bits per heavy atom. The van der Waals surface area contributed by atoms with E-state index in [1.807, 2.05) is 6.20 Å². The first-order chi connectivity index (χ1) is 8.72. The Kier molecular flexibility index (Phi) is 4.72. The lowest BCUT2D eigenvalue weighted by Gasteiger charge is -2.26. The second-order valence-electron chi connectivity index (χ2n) is 5.61. The first-order valence-corrected chi connectivity index (χ1v) is 7.11. The predicted molar refractivity (Wildman–Crippen MR) is 75.0 cm³/mol. The molecule has 0 amide bonds. The van der Waals surface area contributed by atoms with Crippen LogP contribution in [0.5, 0.6) is 0 Å². The van der Waals surface area contributed by atoms with E-state index in [2.05, 4.69) is 30.3 Å². The molecule has 3 nitrogen and oxygen atoms in total. The summed E-state index contributed by atoms with van der Waals surface area (Å²) >= 11 is 0. The minimum absolute atomic E-state index is 0.212. The Morgan fingerprint density at radius 2 is 1.89 bits per heavy atom. The lowest BCUT2D eigenvalue weighted by Crippen LogP contribution is -2.34. The molecule has 0 aromatic carbocycles. The molecular formula is C15H25N3. The zero-order valence-electron chi connectivity index (χ0n) is 11.6. The van der Waals surface area contributed by atoms with Gasteiger partial charge in [-0.05, 0) is 43.7 Å². The van der Waals surface area contributed by atoms with Gasteiger partial charge in [-0.3, -0.25) is 16.3 Å². The van der Waals surface area contributed by atoms with E-state index in [4.69, 9.17) is 5.84 Å². The third-order valence-electron chi connectivity index (χ3n) is 4.10. The van der Waals surface area contributed by atoms with Crippen LogP contribution in [-0.4, -0.2) is 4.98 Å². The van der Waals surface area contributed by atoms with E-state index in [-0.39, 0.29) is 6.04 Å². The number of nitrogens with zero attached hydrogens (tertiary/aromatic N) is 1. The largest absolute Gasteiger partial charge is 0.271 e. The minimum Gasteiger partial charge on any atom is -0.271 e. The van der Waals surface area contributed by atoms with Gasteiger partial charge in [0.15, 0.2) is 0 Å². The van der Waals surface area contributed by atoms with E-state index < -0.39 is 0 Å². The van der Waals surface area contributed by atoms with E-state index in [0.717, 1.165) is 5.69 Å². The topological polar surface area (TPSA) is 50.9 Å². The van der Waals surface area contributed by atoms with Crippen LogP contribution in [0.25, 0.3) is 0 Å². The molecule has 3 heteroatoms. The maximum absolute atomic E-state index is 5.80. The van der Waals surface area contributed by atoms with E-state index in [1.165, 1.54) is 49.7 Å². The van der Waals surface area contributed by atoms with Crippen molar-refractivity contribution in [2.24, 2.45) is 11.8 Å². The number of aryl methyl sites for hydroxylation is 2. The van der Waals surface area contributed by atoms with Crippen LogP contribution in [0.4, 0.5) is 0 Å². The summed E-state index contributed by atoms with van der Waals surface area (Å²) in [6, 6.07) is 2.41. The van der Waals surface area contributed by atoms with Gasteiger partial charge >= 0.3 is 0 Å². The monoisotopic (exact) mass is 247 g/mol. The van der Waals surface area contributed by atoms with Crippen molar-refractivity contribution < 1.29 is 0 Å². The number of hydrazine groups is 1. The molecule has 0 radical (unpaired) electrons. The van der Waals surface area contributed by atoms with Crippen molar-refractivity contribution in [2.45, 2.75) is 58.4 Å². The van der Waals surface area contributed by atoms with Gasteiger partial charge in [0.1, 0.15) is 0 Å². The third kappa shape index (κ3) is 3.09. The van der Waals surface area contributed by atoms with Crippen LogP contribution in [0.2, 0.25) is 0 Å². The Morgan fingerprint density at radius 3 is 2.44 bits per heavy atom. The molecule has 2 rings (SSSR count). The van der Waals surface area contributed by atoms with Gasteiger partial charge in [0.2, 0.25) is 0 Å². The van der Waals surface area contributed by atoms with Crippen LogP contribution in [0.3, 0.4) is 0 Å². The molecule has 3 N–H and O–H groups in total. The highest BCUT2D eigenvalue weighted by molar-refractivity contribution is 5.26. The van der Waals surface area contributed by atoms with Crippen molar-refractivity contribution in [3.63, 3.8) is 0 Å². The van der Waals surface area contributed by atoms with Crippen molar-refractivity contribution >= 4 is 0 Å². The first kappa shape index (κ1) is 13.5. The van der Waals surface area contributed by atoms with Crippen LogP contribution in [-0.2, 0) is 0 Å². The normalized spacial score (nSPS) is 19.5. The van der Waals surface area contributed by atoms with Gasteiger partial charge in [0.25, 0.3) is 0 Å². The highest BCUT2D eigenvalue weighted by Crippen LogP contribution is 2.33. The molecule has 1 aliphatic rings. The summed E-state index contributed by atoms with van der Waals surface area (Å²) in [4.78, 5) is 4.61. The van der Waals surface area contributed by atoms with Crippen molar-refractivity contribution in [1.29, 1.82) is 0 Å². The summed E-state index contributed by atoms with van der Waals surface area (Å²) < 4.78 is 0. The number of rotatable bonds is 3. The summed E-state index contributed by atoms with van der Waals surface area (Å²) in [5.41, 5.74) is 6.62. The molecule has 18 heavy (non-hydrogen) atoms. The quantitative estimate of drug-likeness (QED) is 0.490. The SMILES string of the molecule is Cc1cnc(C(NN)C2CCCCCC2)c(C)c1. The lowest BCUT2D eigenvalue weighted by atomic mass is 9.88. The van der Waals surface area contributed by atoms with Crippen molar-refractivity contribution in [3.8, 4) is 0 Å². The Labute approximate surface area is 110 Å². The number of nitrogens with one attached hydrogen (secondary N) is 1. The van der Waals surface area contributed by atoms with Gasteiger partial charge in [0, 0.05) is 6.20 Å². The van der Waals surface area contributed by atoms with Gasteiger partial charge in [-0.25, -0.2) is 0 Å². The molecule has 1 atom stereocenters. The molecule has 0 aliphatic heterocycles. The van der Waals surface area contributed by atoms with Gasteiger partial charge < -0.3 is 0 Å². The van der Waals surface area contributed by atoms with Gasteiger partial charge in [-0.1, -0.05) is 31.7 Å². The van der Waals surface area contributed by atoms with Crippen LogP contribution >= 0.6 is 0 Å². The Bertz CT molecular complexity index is 381. The number of hydrogen-bond acceptors (Lipinski definition) is 3. The summed E-state index contributed by atoms with van der Waals surface area (Å²) in [5.74, 6) is 6.43. The molecule has 100 valence electrons. The van der Waals surface area contributed by atoms with Crippen molar-refractivity contribution in [1.82, 2.24) is 10.4 Å². The fourth-order valence-corrected chi connectivity index (χ4v) is 3.13. The molecular weight excluding hydrogens is 222 g/mol. The van der Waals surface area contributed by atoms with Crippen LogP contribution < -0.4 is 11.3 Å². The maximum atomic E-state index is 5.80. The number of hydrogen-bond donors (Lipinski definition) is 2. The summed E-state index contributed by atoms with van der Waals surface area (Å²) in [5, 5.41) is 0. The Balaban J connectivity index is 2.20. The van der Waals surface area contributed by atoms with Gasteiger partial charge in [0.05, 0.1) is 11.7 Å². The number of nitrogens with two attached hydrogens (primary N) is 1. The van der Waals surface area contributed by atoms with Gasteiger partial charge in [-0.2, -0.15) is 0 Å². The maximum Gasteiger partial charge on any atom is 0.0662 e. The van der Waals surface area contributed by atoms with Crippen LogP contribution in [0.15, 0.2) is 12.3 Å². The molecule has 1 fully saturated rings. The fourth-order valence-electron chi connectivity index (χ4n) is 3.13. The highest BCUT2D eigenvalue weighted by atomic mass is 15.2. The zero-order chi connectivity index (χ0) is 13.0. The smallest absolute Gasteiger partial charge is 0.0662 e. The summed E-state index contributed by atoms with van der Waals surface area (Å²) in [6.07, 6.45) is 9.88. The third-order valence-corrected chi connectivity index (χ3v) is 4.10. The molecule has 1 aliphatic carbocycles.